The molecule has 0 saturated carbocycles. The number of hydrogen-bond donors (Lipinski definition) is 2. The molecular weight excluding hydrogens is 216 g/mol. The first kappa shape index (κ1) is 12.1. The van der Waals surface area contributed by atoms with Gasteiger partial charge in [-0.15, -0.1) is 0 Å². The first-order valence-electron chi connectivity index (χ1n) is 5.90. The van der Waals surface area contributed by atoms with Crippen LogP contribution in [0, 0.1) is 0 Å². The third kappa shape index (κ3) is 2.83. The van der Waals surface area contributed by atoms with E-state index >= 15 is 0 Å². The minimum atomic E-state index is 0.592. The van der Waals surface area contributed by atoms with Crippen LogP contribution in [0.25, 0.3) is 0 Å². The lowest BCUT2D eigenvalue weighted by Crippen LogP contribution is -2.37. The van der Waals surface area contributed by atoms with Crippen LogP contribution in [-0.4, -0.2) is 48.1 Å². The molecular formula is C11H20N6. The molecule has 94 valence electrons. The van der Waals surface area contributed by atoms with E-state index in [1.54, 1.807) is 12.4 Å². The number of nitrogens with two attached hydrogens (primary N) is 1. The molecule has 1 aliphatic rings. The van der Waals surface area contributed by atoms with Crippen LogP contribution in [0.5, 0.6) is 0 Å². The van der Waals surface area contributed by atoms with Crippen molar-refractivity contribution in [3.8, 4) is 0 Å². The molecule has 1 atom stereocenters. The molecule has 0 aromatic carbocycles. The first-order chi connectivity index (χ1) is 8.20. The lowest BCUT2D eigenvalue weighted by atomic mass is 10.2. The number of hydrazine groups is 1. The van der Waals surface area contributed by atoms with Gasteiger partial charge in [0.1, 0.15) is 5.82 Å². The van der Waals surface area contributed by atoms with Crippen molar-refractivity contribution in [3.63, 3.8) is 0 Å². The number of nitrogens with one attached hydrogen (secondary N) is 1. The second-order valence-electron chi connectivity index (χ2n) is 4.56. The Labute approximate surface area is 102 Å². The van der Waals surface area contributed by atoms with Gasteiger partial charge in [-0.05, 0) is 26.4 Å². The van der Waals surface area contributed by atoms with Gasteiger partial charge in [0.25, 0.3) is 0 Å². The van der Waals surface area contributed by atoms with Crippen LogP contribution in [0.2, 0.25) is 0 Å². The van der Waals surface area contributed by atoms with Crippen molar-refractivity contribution in [1.82, 2.24) is 14.9 Å². The highest BCUT2D eigenvalue weighted by Crippen LogP contribution is 2.18. The van der Waals surface area contributed by atoms with Gasteiger partial charge < -0.3 is 15.2 Å². The Kier molecular flexibility index (Phi) is 3.75. The van der Waals surface area contributed by atoms with Crippen molar-refractivity contribution < 1.29 is 0 Å². The SMILES string of the molecule is CN(CC1CCCN1C)c1cncc(NN)n1. The van der Waals surface area contributed by atoms with E-state index in [-0.39, 0.29) is 0 Å². The maximum Gasteiger partial charge on any atom is 0.160 e. The smallest absolute Gasteiger partial charge is 0.160 e. The Hall–Kier alpha value is -1.40. The molecule has 0 radical (unpaired) electrons. The average Bonchev–Trinajstić information content (AvgIpc) is 2.75. The molecule has 0 bridgehead atoms. The lowest BCUT2D eigenvalue weighted by Gasteiger charge is -2.26. The van der Waals surface area contributed by atoms with E-state index in [0.717, 1.165) is 12.4 Å². The lowest BCUT2D eigenvalue weighted by molar-refractivity contribution is 0.314. The fraction of sp³-hybridized carbons (Fsp3) is 0.636. The summed E-state index contributed by atoms with van der Waals surface area (Å²) in [5, 5.41) is 0. The summed E-state index contributed by atoms with van der Waals surface area (Å²) in [6.07, 6.45) is 5.91. The van der Waals surface area contributed by atoms with E-state index < -0.39 is 0 Å². The van der Waals surface area contributed by atoms with Gasteiger partial charge in [-0.3, -0.25) is 4.98 Å². The maximum absolute atomic E-state index is 5.33. The molecule has 1 aliphatic heterocycles. The second kappa shape index (κ2) is 5.29. The molecule has 0 spiro atoms. The van der Waals surface area contributed by atoms with Gasteiger partial charge in [0.2, 0.25) is 0 Å². The number of anilines is 2. The number of likely N-dealkylation sites (tertiary alicyclic amines) is 1. The summed E-state index contributed by atoms with van der Waals surface area (Å²) in [7, 11) is 4.21. The number of nitrogen functional groups attached to an aromatic ring is 1. The fourth-order valence-corrected chi connectivity index (χ4v) is 2.23. The molecule has 0 aliphatic carbocycles. The van der Waals surface area contributed by atoms with Gasteiger partial charge in [0, 0.05) is 19.6 Å². The third-order valence-electron chi connectivity index (χ3n) is 3.32. The van der Waals surface area contributed by atoms with Gasteiger partial charge in [0.05, 0.1) is 12.4 Å². The molecule has 17 heavy (non-hydrogen) atoms. The normalized spacial score (nSPS) is 20.5. The summed E-state index contributed by atoms with van der Waals surface area (Å²) < 4.78 is 0. The Morgan fingerprint density at radius 1 is 1.59 bits per heavy atom. The van der Waals surface area contributed by atoms with E-state index in [2.05, 4.69) is 32.2 Å². The molecule has 3 N–H and O–H groups in total. The van der Waals surface area contributed by atoms with E-state index in [1.807, 2.05) is 7.05 Å². The van der Waals surface area contributed by atoms with Crippen molar-refractivity contribution in [3.05, 3.63) is 12.4 Å². The minimum Gasteiger partial charge on any atom is -0.357 e. The summed E-state index contributed by atoms with van der Waals surface area (Å²) in [4.78, 5) is 13.0. The third-order valence-corrected chi connectivity index (χ3v) is 3.32. The largest absolute Gasteiger partial charge is 0.357 e. The zero-order valence-corrected chi connectivity index (χ0v) is 10.4. The minimum absolute atomic E-state index is 0.592. The standard InChI is InChI=1S/C11H20N6/c1-16-5-3-4-9(16)8-17(2)11-7-13-6-10(14-11)15-12/h6-7,9H,3-5,8,12H2,1-2H3,(H,14,15). The monoisotopic (exact) mass is 236 g/mol. The molecule has 6 heteroatoms. The maximum atomic E-state index is 5.33. The van der Waals surface area contributed by atoms with Crippen molar-refractivity contribution in [1.29, 1.82) is 0 Å². The molecule has 1 unspecified atom stereocenters. The van der Waals surface area contributed by atoms with Crippen LogP contribution >= 0.6 is 0 Å². The fourth-order valence-electron chi connectivity index (χ4n) is 2.23. The quantitative estimate of drug-likeness (QED) is 0.578. The van der Waals surface area contributed by atoms with Crippen molar-refractivity contribution >= 4 is 11.6 Å². The number of nitrogens with zero attached hydrogens (tertiary/aromatic N) is 4. The van der Waals surface area contributed by atoms with Gasteiger partial charge in [0.15, 0.2) is 5.82 Å². The van der Waals surface area contributed by atoms with Gasteiger partial charge in [-0.25, -0.2) is 10.8 Å². The van der Waals surface area contributed by atoms with Crippen LogP contribution < -0.4 is 16.2 Å². The number of aromatic nitrogens is 2. The highest BCUT2D eigenvalue weighted by molar-refractivity contribution is 5.42. The van der Waals surface area contributed by atoms with E-state index in [0.29, 0.717) is 11.9 Å². The first-order valence-corrected chi connectivity index (χ1v) is 5.90. The number of rotatable bonds is 4. The van der Waals surface area contributed by atoms with Crippen LogP contribution in [0.15, 0.2) is 12.4 Å². The second-order valence-corrected chi connectivity index (χ2v) is 4.56. The zero-order chi connectivity index (χ0) is 12.3. The molecule has 2 heterocycles. The van der Waals surface area contributed by atoms with Crippen molar-refractivity contribution in [2.24, 2.45) is 5.84 Å². The summed E-state index contributed by atoms with van der Waals surface area (Å²) in [5.41, 5.74) is 2.51. The summed E-state index contributed by atoms with van der Waals surface area (Å²) in [6, 6.07) is 0.608. The molecule has 0 amide bonds. The van der Waals surface area contributed by atoms with Gasteiger partial charge >= 0.3 is 0 Å². The van der Waals surface area contributed by atoms with Crippen molar-refractivity contribution in [2.75, 3.05) is 37.5 Å². The summed E-state index contributed by atoms with van der Waals surface area (Å²) >= 11 is 0. The molecule has 1 aromatic heterocycles. The van der Waals surface area contributed by atoms with Crippen LogP contribution in [0.4, 0.5) is 11.6 Å². The topological polar surface area (TPSA) is 70.3 Å². The van der Waals surface area contributed by atoms with Crippen LogP contribution in [0.3, 0.4) is 0 Å². The average molecular weight is 236 g/mol. The highest BCUT2D eigenvalue weighted by atomic mass is 15.3. The van der Waals surface area contributed by atoms with Gasteiger partial charge in [-0.2, -0.15) is 0 Å². The molecule has 1 saturated heterocycles. The molecule has 1 aromatic rings. The van der Waals surface area contributed by atoms with Crippen molar-refractivity contribution in [2.45, 2.75) is 18.9 Å². The Bertz CT molecular complexity index is 369. The highest BCUT2D eigenvalue weighted by Gasteiger charge is 2.22. The molecule has 6 nitrogen and oxygen atoms in total. The number of hydrogen-bond acceptors (Lipinski definition) is 6. The van der Waals surface area contributed by atoms with E-state index in [9.17, 15) is 0 Å². The van der Waals surface area contributed by atoms with E-state index in [1.165, 1.54) is 19.4 Å². The molecule has 2 rings (SSSR count). The predicted octanol–water partition coefficient (Wildman–Crippen LogP) is 0.293. The van der Waals surface area contributed by atoms with E-state index in [4.69, 9.17) is 5.84 Å². The summed E-state index contributed by atoms with van der Waals surface area (Å²) in [6.45, 7) is 2.16. The van der Waals surface area contributed by atoms with Crippen LogP contribution in [-0.2, 0) is 0 Å². The molecule has 1 fully saturated rings. The Balaban J connectivity index is 2.00. The Morgan fingerprint density at radius 2 is 2.41 bits per heavy atom. The zero-order valence-electron chi connectivity index (χ0n) is 10.4. The predicted molar refractivity (Wildman–Crippen MR) is 68.8 cm³/mol. The van der Waals surface area contributed by atoms with Gasteiger partial charge in [-0.1, -0.05) is 0 Å². The number of likely N-dealkylation sites (N-methyl/N-ethyl adjacent to an activating group) is 2. The Morgan fingerprint density at radius 3 is 3.06 bits per heavy atom. The van der Waals surface area contributed by atoms with Crippen LogP contribution in [0.1, 0.15) is 12.8 Å². The summed E-state index contributed by atoms with van der Waals surface area (Å²) in [5.74, 6) is 6.76.